The number of carbonyl (C=O) groups excluding carboxylic acids is 2. The highest BCUT2D eigenvalue weighted by Gasteiger charge is 2.29. The Morgan fingerprint density at radius 1 is 1.00 bits per heavy atom. The molecule has 0 radical (unpaired) electrons. The van der Waals surface area contributed by atoms with Crippen LogP contribution >= 0.6 is 0 Å². The second-order valence-electron chi connectivity index (χ2n) is 7.64. The summed E-state index contributed by atoms with van der Waals surface area (Å²) in [6, 6.07) is 3.89. The molecule has 1 aromatic heterocycles. The van der Waals surface area contributed by atoms with Gasteiger partial charge in [0.05, 0.1) is 11.3 Å². The Bertz CT molecular complexity index is 642. The van der Waals surface area contributed by atoms with Gasteiger partial charge >= 0.3 is 0 Å². The van der Waals surface area contributed by atoms with Crippen LogP contribution in [0.15, 0.2) is 12.1 Å². The van der Waals surface area contributed by atoms with E-state index in [0.717, 1.165) is 68.8 Å². The van der Waals surface area contributed by atoms with Crippen LogP contribution in [0.2, 0.25) is 0 Å². The fraction of sp³-hybridized carbons (Fsp3) is 0.650. The fourth-order valence-electron chi connectivity index (χ4n) is 3.92. The van der Waals surface area contributed by atoms with Gasteiger partial charge in [-0.15, -0.1) is 0 Å². The monoisotopic (exact) mass is 343 g/mol. The van der Waals surface area contributed by atoms with Gasteiger partial charge in [0.2, 0.25) is 5.91 Å². The Kier molecular flexibility index (Phi) is 5.40. The van der Waals surface area contributed by atoms with E-state index >= 15 is 0 Å². The van der Waals surface area contributed by atoms with Crippen LogP contribution in [0, 0.1) is 12.8 Å². The van der Waals surface area contributed by atoms with Crippen molar-refractivity contribution in [1.29, 1.82) is 0 Å². The second kappa shape index (κ2) is 7.54. The van der Waals surface area contributed by atoms with Gasteiger partial charge in [0.25, 0.3) is 5.91 Å². The summed E-state index contributed by atoms with van der Waals surface area (Å²) in [7, 11) is 0. The Morgan fingerprint density at radius 3 is 2.20 bits per heavy atom. The number of nitrogens with zero attached hydrogens (tertiary/aromatic N) is 3. The number of piperidine rings is 2. The highest BCUT2D eigenvalue weighted by atomic mass is 16.2. The quantitative estimate of drug-likeness (QED) is 0.829. The molecule has 2 aliphatic rings. The van der Waals surface area contributed by atoms with E-state index in [-0.39, 0.29) is 17.7 Å². The Balaban J connectivity index is 1.79. The van der Waals surface area contributed by atoms with Gasteiger partial charge in [0.15, 0.2) is 0 Å². The van der Waals surface area contributed by atoms with Gasteiger partial charge in [-0.3, -0.25) is 14.6 Å². The molecule has 0 unspecified atom stereocenters. The van der Waals surface area contributed by atoms with Crippen LogP contribution in [0.4, 0.5) is 0 Å². The van der Waals surface area contributed by atoms with Gasteiger partial charge in [-0.25, -0.2) is 0 Å². The van der Waals surface area contributed by atoms with Crippen LogP contribution in [-0.2, 0) is 4.79 Å². The average Bonchev–Trinajstić information content (AvgIpc) is 2.62. The first-order valence-corrected chi connectivity index (χ1v) is 9.48. The van der Waals surface area contributed by atoms with E-state index < -0.39 is 0 Å². The van der Waals surface area contributed by atoms with Gasteiger partial charge in [-0.05, 0) is 50.7 Å². The molecule has 0 atom stereocenters. The molecule has 1 aromatic rings. The van der Waals surface area contributed by atoms with Crippen LogP contribution in [0.3, 0.4) is 0 Å². The first-order valence-electron chi connectivity index (χ1n) is 9.48. The number of likely N-dealkylation sites (tertiary alicyclic amines) is 2. The normalized spacial score (nSPS) is 20.0. The van der Waals surface area contributed by atoms with Crippen LogP contribution in [-0.4, -0.2) is 52.8 Å². The number of hydrogen-bond acceptors (Lipinski definition) is 3. The summed E-state index contributed by atoms with van der Waals surface area (Å²) in [5.41, 5.74) is 2.65. The zero-order valence-electron chi connectivity index (χ0n) is 15.6. The number of carbonyl (C=O) groups is 2. The minimum atomic E-state index is 0.128. The summed E-state index contributed by atoms with van der Waals surface area (Å²) in [4.78, 5) is 33.3. The van der Waals surface area contributed by atoms with E-state index in [1.165, 1.54) is 0 Å². The van der Waals surface area contributed by atoms with Gasteiger partial charge in [0, 0.05) is 44.7 Å². The first kappa shape index (κ1) is 17.9. The van der Waals surface area contributed by atoms with Gasteiger partial charge in [-0.1, -0.05) is 6.92 Å². The molecule has 0 aromatic carbocycles. The number of rotatable bonds is 2. The standard InChI is InChI=1S/C20H29N3O2/c1-14-6-10-23(11-7-14)20(25)18-5-4-15(2)21-19(18)17-8-12-22(13-9-17)16(3)24/h4-5,14,17H,6-13H2,1-3H3. The Hall–Kier alpha value is -1.91. The molecule has 25 heavy (non-hydrogen) atoms. The SMILES string of the molecule is CC(=O)N1CCC(c2nc(C)ccc2C(=O)N2CCC(C)CC2)CC1. The van der Waals surface area contributed by atoms with Crippen molar-refractivity contribution in [3.05, 3.63) is 29.1 Å². The second-order valence-corrected chi connectivity index (χ2v) is 7.64. The zero-order valence-corrected chi connectivity index (χ0v) is 15.6. The molecule has 2 saturated heterocycles. The van der Waals surface area contributed by atoms with E-state index in [1.54, 1.807) is 6.92 Å². The molecule has 0 saturated carbocycles. The molecule has 136 valence electrons. The predicted molar refractivity (Wildman–Crippen MR) is 97.5 cm³/mol. The van der Waals surface area contributed by atoms with Crippen LogP contribution in [0.1, 0.15) is 67.2 Å². The molecular formula is C20H29N3O2. The Labute approximate surface area is 150 Å². The van der Waals surface area contributed by atoms with Gasteiger partial charge < -0.3 is 9.80 Å². The van der Waals surface area contributed by atoms with Crippen LogP contribution in [0.5, 0.6) is 0 Å². The lowest BCUT2D eigenvalue weighted by atomic mass is 9.89. The number of hydrogen-bond donors (Lipinski definition) is 0. The van der Waals surface area contributed by atoms with Crippen LogP contribution in [0.25, 0.3) is 0 Å². The zero-order chi connectivity index (χ0) is 18.0. The van der Waals surface area contributed by atoms with Crippen molar-refractivity contribution in [2.45, 2.75) is 52.4 Å². The summed E-state index contributed by atoms with van der Waals surface area (Å²) in [6.07, 6.45) is 3.93. The van der Waals surface area contributed by atoms with Gasteiger partial charge in [-0.2, -0.15) is 0 Å². The number of pyridine rings is 1. The molecule has 3 rings (SSSR count). The Morgan fingerprint density at radius 2 is 1.60 bits per heavy atom. The molecule has 0 bridgehead atoms. The number of aromatic nitrogens is 1. The summed E-state index contributed by atoms with van der Waals surface area (Å²) in [6.45, 7) is 9.05. The molecule has 0 spiro atoms. The van der Waals surface area contributed by atoms with Crippen molar-refractivity contribution in [2.24, 2.45) is 5.92 Å². The molecule has 3 heterocycles. The highest BCUT2D eigenvalue weighted by molar-refractivity contribution is 5.95. The molecule has 0 N–H and O–H groups in total. The van der Waals surface area contributed by atoms with Crippen molar-refractivity contribution in [2.75, 3.05) is 26.2 Å². The fourth-order valence-corrected chi connectivity index (χ4v) is 3.92. The summed E-state index contributed by atoms with van der Waals surface area (Å²) in [5, 5.41) is 0. The van der Waals surface area contributed by atoms with Crippen molar-refractivity contribution in [3.8, 4) is 0 Å². The maximum Gasteiger partial charge on any atom is 0.255 e. The van der Waals surface area contributed by atoms with Crippen molar-refractivity contribution < 1.29 is 9.59 Å². The van der Waals surface area contributed by atoms with Crippen molar-refractivity contribution >= 4 is 11.8 Å². The highest BCUT2D eigenvalue weighted by Crippen LogP contribution is 2.30. The average molecular weight is 343 g/mol. The third-order valence-electron chi connectivity index (χ3n) is 5.69. The van der Waals surface area contributed by atoms with Crippen molar-refractivity contribution in [3.63, 3.8) is 0 Å². The molecule has 5 heteroatoms. The maximum absolute atomic E-state index is 13.1. The summed E-state index contributed by atoms with van der Waals surface area (Å²) < 4.78 is 0. The third kappa shape index (κ3) is 4.02. The lowest BCUT2D eigenvalue weighted by Crippen LogP contribution is -2.39. The van der Waals surface area contributed by atoms with E-state index in [2.05, 4.69) is 6.92 Å². The van der Waals surface area contributed by atoms with Crippen LogP contribution < -0.4 is 0 Å². The minimum Gasteiger partial charge on any atom is -0.343 e. The molecule has 2 amide bonds. The molecule has 0 aliphatic carbocycles. The molecule has 5 nitrogen and oxygen atoms in total. The third-order valence-corrected chi connectivity index (χ3v) is 5.69. The molecule has 2 aliphatic heterocycles. The summed E-state index contributed by atoms with van der Waals surface area (Å²) in [5.74, 6) is 1.23. The number of aryl methyl sites for hydroxylation is 1. The van der Waals surface area contributed by atoms with E-state index in [0.29, 0.717) is 5.92 Å². The van der Waals surface area contributed by atoms with Crippen molar-refractivity contribution in [1.82, 2.24) is 14.8 Å². The number of amides is 2. The largest absolute Gasteiger partial charge is 0.343 e. The molecular weight excluding hydrogens is 314 g/mol. The van der Waals surface area contributed by atoms with Gasteiger partial charge in [0.1, 0.15) is 0 Å². The van der Waals surface area contributed by atoms with E-state index in [4.69, 9.17) is 4.98 Å². The maximum atomic E-state index is 13.1. The molecule has 2 fully saturated rings. The lowest BCUT2D eigenvalue weighted by Gasteiger charge is -2.33. The lowest BCUT2D eigenvalue weighted by molar-refractivity contribution is -0.129. The van der Waals surface area contributed by atoms with E-state index in [1.807, 2.05) is 28.9 Å². The predicted octanol–water partition coefficient (Wildman–Crippen LogP) is 2.99. The van der Waals surface area contributed by atoms with E-state index in [9.17, 15) is 9.59 Å². The summed E-state index contributed by atoms with van der Waals surface area (Å²) >= 11 is 0. The smallest absolute Gasteiger partial charge is 0.255 e. The topological polar surface area (TPSA) is 53.5 Å². The minimum absolute atomic E-state index is 0.128. The first-order chi connectivity index (χ1) is 12.0.